The van der Waals surface area contributed by atoms with E-state index in [-0.39, 0.29) is 23.6 Å². The summed E-state index contributed by atoms with van der Waals surface area (Å²) in [5.41, 5.74) is 2.44. The second-order valence-electron chi connectivity index (χ2n) is 5.45. The number of hydrogen-bond acceptors (Lipinski definition) is 4. The van der Waals surface area contributed by atoms with Crippen molar-refractivity contribution in [2.24, 2.45) is 0 Å². The van der Waals surface area contributed by atoms with Gasteiger partial charge in [-0.15, -0.1) is 0 Å². The second-order valence-corrected chi connectivity index (χ2v) is 5.45. The molecule has 0 aliphatic carbocycles. The molecule has 5 nitrogen and oxygen atoms in total. The van der Waals surface area contributed by atoms with Gasteiger partial charge in [0, 0.05) is 0 Å². The maximum atomic E-state index is 12.6. The topological polar surface area (TPSA) is 63.7 Å². The molecule has 2 amide bonds. The van der Waals surface area contributed by atoms with Gasteiger partial charge >= 0.3 is 5.97 Å². The van der Waals surface area contributed by atoms with Gasteiger partial charge in [0.15, 0.2) is 0 Å². The number of rotatable bonds is 4. The molecule has 0 radical (unpaired) electrons. The van der Waals surface area contributed by atoms with Crippen molar-refractivity contribution >= 4 is 23.5 Å². The monoisotopic (exact) mass is 323 g/mol. The first-order valence-electron chi connectivity index (χ1n) is 7.85. The molecule has 0 atom stereocenters. The summed E-state index contributed by atoms with van der Waals surface area (Å²) in [7, 11) is 0. The highest BCUT2D eigenvalue weighted by atomic mass is 16.5. The first-order valence-corrected chi connectivity index (χ1v) is 7.85. The Hall–Kier alpha value is -2.95. The number of aryl methyl sites for hydroxylation is 1. The minimum Gasteiger partial charge on any atom is -0.462 e. The molecule has 0 bridgehead atoms. The number of fused-ring (bicyclic) bond motifs is 1. The number of carbonyl (C=O) groups is 3. The van der Waals surface area contributed by atoms with Gasteiger partial charge in [0.05, 0.1) is 29.0 Å². The molecule has 0 N–H and O–H groups in total. The highest BCUT2D eigenvalue weighted by Crippen LogP contribution is 2.29. The highest BCUT2D eigenvalue weighted by Gasteiger charge is 2.37. The fourth-order valence-electron chi connectivity index (χ4n) is 2.70. The third-order valence-electron chi connectivity index (χ3n) is 4.00. The molecule has 2 aromatic rings. The molecular formula is C19H17NO4. The minimum atomic E-state index is -0.508. The van der Waals surface area contributed by atoms with E-state index in [4.69, 9.17) is 4.74 Å². The van der Waals surface area contributed by atoms with E-state index in [2.05, 4.69) is 0 Å². The third-order valence-corrected chi connectivity index (χ3v) is 4.00. The molecule has 0 spiro atoms. The van der Waals surface area contributed by atoms with Crippen LogP contribution in [0.5, 0.6) is 0 Å². The molecule has 24 heavy (non-hydrogen) atoms. The van der Waals surface area contributed by atoms with Gasteiger partial charge in [-0.25, -0.2) is 9.69 Å². The molecule has 122 valence electrons. The number of ether oxygens (including phenoxy) is 1. The lowest BCUT2D eigenvalue weighted by molar-refractivity contribution is 0.0526. The van der Waals surface area contributed by atoms with Gasteiger partial charge in [-0.3, -0.25) is 9.59 Å². The molecule has 0 fully saturated rings. The van der Waals surface area contributed by atoms with Gasteiger partial charge in [-0.1, -0.05) is 19.1 Å². The second kappa shape index (κ2) is 6.28. The Balaban J connectivity index is 1.97. The van der Waals surface area contributed by atoms with E-state index in [1.807, 2.05) is 19.1 Å². The van der Waals surface area contributed by atoms with Crippen molar-refractivity contribution in [2.75, 3.05) is 11.5 Å². The third kappa shape index (κ3) is 2.58. The fourth-order valence-corrected chi connectivity index (χ4v) is 2.70. The molecule has 0 unspecified atom stereocenters. The summed E-state index contributed by atoms with van der Waals surface area (Å²) in [6.07, 6.45) is 0.880. The zero-order valence-electron chi connectivity index (χ0n) is 13.5. The smallest absolute Gasteiger partial charge is 0.338 e. The molecule has 3 rings (SSSR count). The van der Waals surface area contributed by atoms with E-state index < -0.39 is 11.9 Å². The van der Waals surface area contributed by atoms with Crippen LogP contribution in [-0.2, 0) is 11.2 Å². The quantitative estimate of drug-likeness (QED) is 0.640. The molecular weight excluding hydrogens is 306 g/mol. The van der Waals surface area contributed by atoms with Crippen LogP contribution < -0.4 is 4.90 Å². The number of esters is 1. The van der Waals surface area contributed by atoms with Crippen molar-refractivity contribution in [1.29, 1.82) is 0 Å². The summed E-state index contributed by atoms with van der Waals surface area (Å²) < 4.78 is 4.94. The van der Waals surface area contributed by atoms with Crippen LogP contribution >= 0.6 is 0 Å². The van der Waals surface area contributed by atoms with Crippen molar-refractivity contribution in [3.8, 4) is 0 Å². The summed E-state index contributed by atoms with van der Waals surface area (Å²) >= 11 is 0. The Kier molecular flexibility index (Phi) is 4.16. The lowest BCUT2D eigenvalue weighted by Crippen LogP contribution is -2.29. The fraction of sp³-hybridized carbons (Fsp3) is 0.211. The standard InChI is InChI=1S/C19H17NO4/c1-3-12-5-8-14(9-6-12)20-17(21)15-10-7-13(19(23)24-4-2)11-16(15)18(20)22/h5-11H,3-4H2,1-2H3. The predicted molar refractivity (Wildman–Crippen MR) is 89.4 cm³/mol. The van der Waals surface area contributed by atoms with Crippen molar-refractivity contribution < 1.29 is 19.1 Å². The first kappa shape index (κ1) is 15.9. The first-order chi connectivity index (χ1) is 11.6. The number of hydrogen-bond donors (Lipinski definition) is 0. The van der Waals surface area contributed by atoms with E-state index in [0.29, 0.717) is 11.3 Å². The number of nitrogens with zero attached hydrogens (tertiary/aromatic N) is 1. The van der Waals surface area contributed by atoms with Crippen LogP contribution in [0.2, 0.25) is 0 Å². The largest absolute Gasteiger partial charge is 0.462 e. The predicted octanol–water partition coefficient (Wildman–Crippen LogP) is 3.23. The van der Waals surface area contributed by atoms with E-state index in [0.717, 1.165) is 16.9 Å². The Morgan fingerprint density at radius 1 is 0.958 bits per heavy atom. The Bertz CT molecular complexity index is 824. The van der Waals surface area contributed by atoms with Gasteiger partial charge in [-0.2, -0.15) is 0 Å². The average Bonchev–Trinajstić information content (AvgIpc) is 2.86. The summed E-state index contributed by atoms with van der Waals surface area (Å²) in [5, 5.41) is 0. The zero-order valence-corrected chi connectivity index (χ0v) is 13.5. The van der Waals surface area contributed by atoms with Gasteiger partial charge in [-0.05, 0) is 49.2 Å². The average molecular weight is 323 g/mol. The van der Waals surface area contributed by atoms with E-state index in [9.17, 15) is 14.4 Å². The lowest BCUT2D eigenvalue weighted by atomic mass is 10.1. The van der Waals surface area contributed by atoms with Gasteiger partial charge in [0.1, 0.15) is 0 Å². The molecule has 0 saturated carbocycles. The number of benzene rings is 2. The molecule has 0 aromatic heterocycles. The van der Waals surface area contributed by atoms with Gasteiger partial charge in [0.25, 0.3) is 11.8 Å². The maximum absolute atomic E-state index is 12.6. The van der Waals surface area contributed by atoms with Crippen LogP contribution in [0.3, 0.4) is 0 Å². The van der Waals surface area contributed by atoms with Crippen LogP contribution in [0, 0.1) is 0 Å². The van der Waals surface area contributed by atoms with E-state index in [1.54, 1.807) is 19.1 Å². The number of amides is 2. The number of anilines is 1. The van der Waals surface area contributed by atoms with Gasteiger partial charge in [0.2, 0.25) is 0 Å². The molecule has 5 heteroatoms. The number of carbonyl (C=O) groups excluding carboxylic acids is 3. The normalized spacial score (nSPS) is 13.2. The Labute approximate surface area is 139 Å². The van der Waals surface area contributed by atoms with Gasteiger partial charge < -0.3 is 4.74 Å². The van der Waals surface area contributed by atoms with Crippen LogP contribution in [0.15, 0.2) is 42.5 Å². The summed E-state index contributed by atoms with van der Waals surface area (Å²) in [6, 6.07) is 11.7. The van der Waals surface area contributed by atoms with Crippen LogP contribution in [0.1, 0.15) is 50.5 Å². The maximum Gasteiger partial charge on any atom is 0.338 e. The van der Waals surface area contributed by atoms with Crippen molar-refractivity contribution in [3.05, 3.63) is 64.7 Å². The van der Waals surface area contributed by atoms with Crippen molar-refractivity contribution in [1.82, 2.24) is 0 Å². The van der Waals surface area contributed by atoms with Crippen LogP contribution in [0.25, 0.3) is 0 Å². The lowest BCUT2D eigenvalue weighted by Gasteiger charge is -2.14. The minimum absolute atomic E-state index is 0.227. The molecule has 1 aliphatic heterocycles. The van der Waals surface area contributed by atoms with Crippen LogP contribution in [-0.4, -0.2) is 24.4 Å². The Morgan fingerprint density at radius 2 is 1.62 bits per heavy atom. The SMILES string of the molecule is CCOC(=O)c1ccc2c(c1)C(=O)N(c1ccc(CC)cc1)C2=O. The summed E-state index contributed by atoms with van der Waals surface area (Å²) in [6.45, 7) is 3.99. The highest BCUT2D eigenvalue weighted by molar-refractivity contribution is 6.34. The number of imide groups is 1. The van der Waals surface area contributed by atoms with Crippen molar-refractivity contribution in [2.45, 2.75) is 20.3 Å². The molecule has 1 heterocycles. The van der Waals surface area contributed by atoms with Crippen molar-refractivity contribution in [3.63, 3.8) is 0 Å². The van der Waals surface area contributed by atoms with Crippen LogP contribution in [0.4, 0.5) is 5.69 Å². The summed E-state index contributed by atoms with van der Waals surface area (Å²) in [5.74, 6) is -1.31. The molecule has 0 saturated heterocycles. The summed E-state index contributed by atoms with van der Waals surface area (Å²) in [4.78, 5) is 38.2. The van der Waals surface area contributed by atoms with E-state index >= 15 is 0 Å². The zero-order chi connectivity index (χ0) is 17.3. The molecule has 2 aromatic carbocycles. The Morgan fingerprint density at radius 3 is 2.25 bits per heavy atom. The molecule has 1 aliphatic rings. The van der Waals surface area contributed by atoms with E-state index in [1.165, 1.54) is 18.2 Å².